The lowest BCUT2D eigenvalue weighted by Crippen LogP contribution is -1.71. The van der Waals surface area contributed by atoms with Gasteiger partial charge in [-0.05, 0) is 58.1 Å². The first-order valence-corrected chi connectivity index (χ1v) is 8.29. The summed E-state index contributed by atoms with van der Waals surface area (Å²) in [5.74, 6) is 0. The van der Waals surface area contributed by atoms with Crippen LogP contribution in [0.25, 0.3) is 0 Å². The molecule has 0 aromatic rings. The van der Waals surface area contributed by atoms with E-state index in [0.29, 0.717) is 0 Å². The Kier molecular flexibility index (Phi) is 14.3. The Morgan fingerprint density at radius 3 is 2.05 bits per heavy atom. The molecule has 1 aliphatic rings. The summed E-state index contributed by atoms with van der Waals surface area (Å²) in [4.78, 5) is 0. The predicted molar refractivity (Wildman–Crippen MR) is 101 cm³/mol. The first-order valence-electron chi connectivity index (χ1n) is 8.29. The number of hydrogen-bond acceptors (Lipinski definition) is 0. The van der Waals surface area contributed by atoms with Crippen LogP contribution in [-0.4, -0.2) is 0 Å². The standard InChI is InChI=1S/C11H16.C8H14.C2H6/c1-5-10-7-11(10)9(4)6-8(2)3;1-4-6-7-8(3)5-2;1-2/h6H,2,5,7H2,1,3-4H3;4,6-7H,5H2,1-3H3;1-2H3/b9-6-;6-4-,8-7+;. The maximum atomic E-state index is 3.86. The lowest BCUT2D eigenvalue weighted by atomic mass is 10.1. The molecule has 120 valence electrons. The van der Waals surface area contributed by atoms with Crippen LogP contribution in [-0.2, 0) is 0 Å². The van der Waals surface area contributed by atoms with Crippen molar-refractivity contribution < 1.29 is 0 Å². The van der Waals surface area contributed by atoms with Gasteiger partial charge in [0.15, 0.2) is 0 Å². The van der Waals surface area contributed by atoms with E-state index in [4.69, 9.17) is 0 Å². The van der Waals surface area contributed by atoms with Crippen LogP contribution in [0.4, 0.5) is 0 Å². The van der Waals surface area contributed by atoms with Crippen molar-refractivity contribution in [1.82, 2.24) is 0 Å². The fraction of sp³-hybridized carbons (Fsp3) is 0.524. The van der Waals surface area contributed by atoms with Crippen molar-refractivity contribution in [1.29, 1.82) is 0 Å². The summed E-state index contributed by atoms with van der Waals surface area (Å²) in [6, 6.07) is 0. The van der Waals surface area contributed by atoms with Crippen molar-refractivity contribution in [3.8, 4) is 0 Å². The van der Waals surface area contributed by atoms with Gasteiger partial charge < -0.3 is 0 Å². The third-order valence-electron chi connectivity index (χ3n) is 3.19. The Hall–Kier alpha value is -1.30. The number of hydrogen-bond donors (Lipinski definition) is 0. The van der Waals surface area contributed by atoms with Gasteiger partial charge in [-0.1, -0.05) is 75.3 Å². The van der Waals surface area contributed by atoms with Crippen LogP contribution in [0, 0.1) is 0 Å². The molecule has 0 bridgehead atoms. The molecule has 0 heteroatoms. The first kappa shape index (κ1) is 22.0. The van der Waals surface area contributed by atoms with Gasteiger partial charge in [-0.25, -0.2) is 0 Å². The van der Waals surface area contributed by atoms with E-state index in [9.17, 15) is 0 Å². The topological polar surface area (TPSA) is 0 Å². The Morgan fingerprint density at radius 1 is 1.14 bits per heavy atom. The van der Waals surface area contributed by atoms with E-state index in [1.54, 1.807) is 11.1 Å². The average molecular weight is 289 g/mol. The van der Waals surface area contributed by atoms with Gasteiger partial charge in [-0.15, -0.1) is 0 Å². The Morgan fingerprint density at radius 2 is 1.71 bits per heavy atom. The summed E-state index contributed by atoms with van der Waals surface area (Å²) < 4.78 is 0. The van der Waals surface area contributed by atoms with Gasteiger partial charge in [0.05, 0.1) is 0 Å². The van der Waals surface area contributed by atoms with Crippen LogP contribution < -0.4 is 0 Å². The summed E-state index contributed by atoms with van der Waals surface area (Å²) in [6.45, 7) is 20.6. The summed E-state index contributed by atoms with van der Waals surface area (Å²) in [5, 5.41) is 0. The summed E-state index contributed by atoms with van der Waals surface area (Å²) in [5.41, 5.74) is 7.19. The van der Waals surface area contributed by atoms with Crippen LogP contribution >= 0.6 is 0 Å². The number of allylic oxidation sites excluding steroid dienone is 9. The minimum atomic E-state index is 1.15. The van der Waals surface area contributed by atoms with Crippen molar-refractivity contribution in [2.45, 2.75) is 74.7 Å². The predicted octanol–water partition coefficient (Wildman–Crippen LogP) is 7.56. The third-order valence-corrected chi connectivity index (χ3v) is 3.19. The molecule has 0 aliphatic heterocycles. The van der Waals surface area contributed by atoms with Gasteiger partial charge in [-0.3, -0.25) is 0 Å². The highest BCUT2D eigenvalue weighted by Crippen LogP contribution is 2.38. The third kappa shape index (κ3) is 12.2. The Bertz CT molecular complexity index is 411. The molecule has 0 nitrogen and oxygen atoms in total. The Balaban J connectivity index is 0. The van der Waals surface area contributed by atoms with Gasteiger partial charge in [0.2, 0.25) is 0 Å². The van der Waals surface area contributed by atoms with Gasteiger partial charge in [0, 0.05) is 0 Å². The molecule has 0 radical (unpaired) electrons. The first-order chi connectivity index (χ1) is 9.96. The van der Waals surface area contributed by atoms with E-state index in [1.165, 1.54) is 24.0 Å². The molecule has 0 spiro atoms. The van der Waals surface area contributed by atoms with Gasteiger partial charge >= 0.3 is 0 Å². The lowest BCUT2D eigenvalue weighted by Gasteiger charge is -1.91. The Labute approximate surface area is 134 Å². The van der Waals surface area contributed by atoms with E-state index < -0.39 is 0 Å². The zero-order chi connectivity index (χ0) is 16.8. The van der Waals surface area contributed by atoms with Crippen molar-refractivity contribution in [2.75, 3.05) is 0 Å². The highest BCUT2D eigenvalue weighted by atomic mass is 14.2. The highest BCUT2D eigenvalue weighted by molar-refractivity contribution is 5.50. The van der Waals surface area contributed by atoms with Crippen LogP contribution in [0.5, 0.6) is 0 Å². The molecule has 0 unspecified atom stereocenters. The van der Waals surface area contributed by atoms with Crippen molar-refractivity contribution in [2.24, 2.45) is 0 Å². The SMILES string of the molecule is C/C=C\C=C(/C)CC.C=C(C)/C=C(/C)C1=C(CC)C1.CC. The van der Waals surface area contributed by atoms with Gasteiger partial charge in [0.1, 0.15) is 0 Å². The maximum Gasteiger partial charge on any atom is -0.00589 e. The second kappa shape index (κ2) is 13.7. The van der Waals surface area contributed by atoms with E-state index in [0.717, 1.165) is 12.0 Å². The normalized spacial score (nSPS) is 14.3. The molecule has 1 rings (SSSR count). The van der Waals surface area contributed by atoms with E-state index >= 15 is 0 Å². The zero-order valence-electron chi connectivity index (χ0n) is 15.6. The van der Waals surface area contributed by atoms with Crippen LogP contribution in [0.15, 0.2) is 58.7 Å². The smallest absolute Gasteiger partial charge is 0.00589 e. The lowest BCUT2D eigenvalue weighted by molar-refractivity contribution is 1.10. The molecule has 1 aliphatic carbocycles. The molecular weight excluding hydrogens is 252 g/mol. The highest BCUT2D eigenvalue weighted by Gasteiger charge is 2.19. The fourth-order valence-corrected chi connectivity index (χ4v) is 1.76. The molecule has 0 N–H and O–H groups in total. The molecule has 0 atom stereocenters. The minimum Gasteiger partial charge on any atom is -0.0961 e. The summed E-state index contributed by atoms with van der Waals surface area (Å²) in [6.07, 6.45) is 12.0. The van der Waals surface area contributed by atoms with E-state index in [-0.39, 0.29) is 0 Å². The average Bonchev–Trinajstić information content (AvgIpc) is 3.26. The van der Waals surface area contributed by atoms with Crippen LogP contribution in [0.1, 0.15) is 74.7 Å². The summed E-state index contributed by atoms with van der Waals surface area (Å²) in [7, 11) is 0. The van der Waals surface area contributed by atoms with Crippen LogP contribution in [0.3, 0.4) is 0 Å². The molecular formula is C21H36. The fourth-order valence-electron chi connectivity index (χ4n) is 1.76. The summed E-state index contributed by atoms with van der Waals surface area (Å²) >= 11 is 0. The van der Waals surface area contributed by atoms with Crippen molar-refractivity contribution >= 4 is 0 Å². The van der Waals surface area contributed by atoms with E-state index in [1.807, 2.05) is 33.8 Å². The zero-order valence-corrected chi connectivity index (χ0v) is 15.6. The van der Waals surface area contributed by atoms with Gasteiger partial charge in [0.25, 0.3) is 0 Å². The monoisotopic (exact) mass is 288 g/mol. The largest absolute Gasteiger partial charge is 0.0961 e. The molecule has 0 aromatic heterocycles. The van der Waals surface area contributed by atoms with Gasteiger partial charge in [-0.2, -0.15) is 0 Å². The molecule has 21 heavy (non-hydrogen) atoms. The minimum absolute atomic E-state index is 1.15. The van der Waals surface area contributed by atoms with Crippen molar-refractivity contribution in [3.05, 3.63) is 58.7 Å². The maximum absolute atomic E-state index is 3.86. The molecule has 0 saturated heterocycles. The van der Waals surface area contributed by atoms with E-state index in [2.05, 4.69) is 52.5 Å². The second-order valence-electron chi connectivity index (χ2n) is 5.18. The molecule has 0 aromatic carbocycles. The molecule has 0 saturated carbocycles. The molecule has 0 heterocycles. The van der Waals surface area contributed by atoms with Crippen LogP contribution in [0.2, 0.25) is 0 Å². The number of rotatable bonds is 5. The molecule has 0 amide bonds. The molecule has 0 fully saturated rings. The second-order valence-corrected chi connectivity index (χ2v) is 5.18. The quantitative estimate of drug-likeness (QED) is 0.458. The van der Waals surface area contributed by atoms with Crippen molar-refractivity contribution in [3.63, 3.8) is 0 Å².